The Labute approximate surface area is 338 Å². The summed E-state index contributed by atoms with van der Waals surface area (Å²) < 4.78 is 13.6. The molecule has 4 heterocycles. The van der Waals surface area contributed by atoms with E-state index in [1.54, 1.807) is 0 Å². The van der Waals surface area contributed by atoms with Crippen molar-refractivity contribution < 1.29 is 4.74 Å². The van der Waals surface area contributed by atoms with Crippen LogP contribution < -0.4 is 4.74 Å². The van der Waals surface area contributed by atoms with Gasteiger partial charge in [-0.3, -0.25) is 4.57 Å². The van der Waals surface area contributed by atoms with Crippen LogP contribution in [-0.4, -0.2) is 23.9 Å². The maximum atomic E-state index is 6.71. The molecule has 0 aliphatic rings. The summed E-state index contributed by atoms with van der Waals surface area (Å²) in [4.78, 5) is 5.05. The first-order chi connectivity index (χ1) is 28.6. The summed E-state index contributed by atoms with van der Waals surface area (Å²) in [6, 6.07) is 51.7. The first kappa shape index (κ1) is 35.5. The molecule has 0 radical (unpaired) electrons. The summed E-state index contributed by atoms with van der Waals surface area (Å²) in [5.74, 6) is 2.36. The second-order valence-electron chi connectivity index (χ2n) is 14.9. The van der Waals surface area contributed by atoms with Crippen LogP contribution in [0.2, 0.25) is 0 Å². The lowest BCUT2D eigenvalue weighted by atomic mass is 10.0. The molecular formula is C52H45N5O. The third kappa shape index (κ3) is 5.70. The highest BCUT2D eigenvalue weighted by Crippen LogP contribution is 2.39. The number of ether oxygens (including phenoxy) is 1. The Kier molecular flexibility index (Phi) is 8.90. The van der Waals surface area contributed by atoms with Crippen molar-refractivity contribution in [3.05, 3.63) is 174 Å². The van der Waals surface area contributed by atoms with Gasteiger partial charge in [-0.25, -0.2) is 9.67 Å². The van der Waals surface area contributed by atoms with Crippen molar-refractivity contribution in [2.75, 3.05) is 0 Å². The highest BCUT2D eigenvalue weighted by Gasteiger charge is 2.21. The van der Waals surface area contributed by atoms with Crippen LogP contribution in [0, 0.1) is 0 Å². The molecule has 10 rings (SSSR count). The van der Waals surface area contributed by atoms with Crippen molar-refractivity contribution in [1.82, 2.24) is 23.9 Å². The predicted octanol–water partition coefficient (Wildman–Crippen LogP) is 13.2. The molecule has 284 valence electrons. The zero-order valence-electron chi connectivity index (χ0n) is 33.4. The minimum Gasteiger partial charge on any atom is -0.457 e. The average Bonchev–Trinajstić information content (AvgIpc) is 3.94. The monoisotopic (exact) mass is 755 g/mol. The van der Waals surface area contributed by atoms with E-state index in [0.29, 0.717) is 0 Å². The van der Waals surface area contributed by atoms with Gasteiger partial charge in [0.25, 0.3) is 0 Å². The molecule has 0 atom stereocenters. The Balaban J connectivity index is 1.09. The minimum absolute atomic E-state index is 0.751. The fraction of sp³-hybridized carbons (Fsp3) is 0.154. The summed E-state index contributed by atoms with van der Waals surface area (Å²) in [7, 11) is 0. The van der Waals surface area contributed by atoms with Gasteiger partial charge >= 0.3 is 0 Å². The van der Waals surface area contributed by atoms with Gasteiger partial charge in [-0.05, 0) is 78.8 Å². The normalized spacial score (nSPS) is 11.7. The predicted molar refractivity (Wildman–Crippen MR) is 240 cm³/mol. The first-order valence-electron chi connectivity index (χ1n) is 20.6. The van der Waals surface area contributed by atoms with E-state index in [0.717, 1.165) is 76.5 Å². The third-order valence-electron chi connectivity index (χ3n) is 11.7. The van der Waals surface area contributed by atoms with E-state index in [9.17, 15) is 0 Å². The molecule has 0 saturated carbocycles. The molecule has 0 bridgehead atoms. The van der Waals surface area contributed by atoms with E-state index in [1.807, 2.05) is 18.3 Å². The van der Waals surface area contributed by atoms with E-state index in [4.69, 9.17) is 14.8 Å². The highest BCUT2D eigenvalue weighted by molar-refractivity contribution is 6.12. The molecule has 0 spiro atoms. The molecule has 0 aliphatic heterocycles. The van der Waals surface area contributed by atoms with Gasteiger partial charge in [-0.15, -0.1) is 0 Å². The SMILES string of the molecule is CCc1nn(-c2cccc(Oc3ccc4c5ccccc5n(-c5cc(-n6c7c(CC)cccc7c7cccc(CC)c76)ccn5)c4c3)c2)c(CC)c1-c1ccccc1. The largest absolute Gasteiger partial charge is 0.457 e. The Hall–Kier alpha value is -6.92. The van der Waals surface area contributed by atoms with Crippen molar-refractivity contribution in [2.24, 2.45) is 0 Å². The molecule has 6 heteroatoms. The fourth-order valence-electron chi connectivity index (χ4n) is 9.06. The number of hydrogen-bond donors (Lipinski definition) is 0. The molecule has 0 N–H and O–H groups in total. The number of para-hydroxylation sites is 3. The molecule has 6 nitrogen and oxygen atoms in total. The van der Waals surface area contributed by atoms with Crippen LogP contribution in [0.4, 0.5) is 0 Å². The van der Waals surface area contributed by atoms with Crippen LogP contribution in [0.1, 0.15) is 50.2 Å². The van der Waals surface area contributed by atoms with Gasteiger partial charge in [0.1, 0.15) is 17.3 Å². The fourth-order valence-corrected chi connectivity index (χ4v) is 9.06. The van der Waals surface area contributed by atoms with E-state index in [2.05, 4.69) is 175 Å². The van der Waals surface area contributed by atoms with Gasteiger partial charge in [0.15, 0.2) is 0 Å². The molecule has 6 aromatic carbocycles. The summed E-state index contributed by atoms with van der Waals surface area (Å²) >= 11 is 0. The smallest absolute Gasteiger partial charge is 0.139 e. The standard InChI is InChI=1S/C52H45N5O/c1-5-34-19-14-24-43-44-25-15-20-35(6-2)52(44)55(51(34)43)37-29-30-53-49(32-37)56-47-26-13-12-23-41(47)42-28-27-40(33-48(42)56)58-39-22-16-21-38(31-39)57-46(8-4)50(45(7-3)54-57)36-17-10-9-11-18-36/h9-33H,5-8H2,1-4H3. The van der Waals surface area contributed by atoms with Gasteiger partial charge in [0.2, 0.25) is 0 Å². The van der Waals surface area contributed by atoms with Crippen molar-refractivity contribution in [1.29, 1.82) is 0 Å². The molecule has 0 amide bonds. The minimum atomic E-state index is 0.751. The number of fused-ring (bicyclic) bond motifs is 6. The molecule has 0 unspecified atom stereocenters. The van der Waals surface area contributed by atoms with Crippen molar-refractivity contribution in [3.63, 3.8) is 0 Å². The van der Waals surface area contributed by atoms with Gasteiger partial charge in [0.05, 0.1) is 44.8 Å². The van der Waals surface area contributed by atoms with Crippen LogP contribution in [0.15, 0.2) is 152 Å². The van der Waals surface area contributed by atoms with E-state index < -0.39 is 0 Å². The lowest BCUT2D eigenvalue weighted by Crippen LogP contribution is -2.03. The van der Waals surface area contributed by atoms with Crippen LogP contribution in [0.25, 0.3) is 71.9 Å². The van der Waals surface area contributed by atoms with Crippen LogP contribution in [0.3, 0.4) is 0 Å². The lowest BCUT2D eigenvalue weighted by Gasteiger charge is -2.15. The maximum absolute atomic E-state index is 6.71. The Morgan fingerprint density at radius 1 is 0.500 bits per heavy atom. The molecule has 58 heavy (non-hydrogen) atoms. The van der Waals surface area contributed by atoms with E-state index >= 15 is 0 Å². The molecule has 0 aliphatic carbocycles. The van der Waals surface area contributed by atoms with E-state index in [-0.39, 0.29) is 0 Å². The van der Waals surface area contributed by atoms with Crippen molar-refractivity contribution in [3.8, 4) is 39.8 Å². The second-order valence-corrected chi connectivity index (χ2v) is 14.9. The molecule has 4 aromatic heterocycles. The van der Waals surface area contributed by atoms with E-state index in [1.165, 1.54) is 55.1 Å². The Morgan fingerprint density at radius 3 is 1.90 bits per heavy atom. The second kappa shape index (κ2) is 14.5. The zero-order chi connectivity index (χ0) is 39.3. The van der Waals surface area contributed by atoms with Crippen LogP contribution >= 0.6 is 0 Å². The number of pyridine rings is 1. The van der Waals surface area contributed by atoms with Gasteiger partial charge in [-0.2, -0.15) is 5.10 Å². The molecule has 0 saturated heterocycles. The summed E-state index contributed by atoms with van der Waals surface area (Å²) in [5.41, 5.74) is 14.1. The average molecular weight is 756 g/mol. The number of rotatable bonds is 10. The summed E-state index contributed by atoms with van der Waals surface area (Å²) in [5, 5.41) is 10.0. The number of benzene rings is 6. The first-order valence-corrected chi connectivity index (χ1v) is 20.6. The lowest BCUT2D eigenvalue weighted by molar-refractivity contribution is 0.482. The molecule has 0 fully saturated rings. The molecular weight excluding hydrogens is 711 g/mol. The van der Waals surface area contributed by atoms with Crippen LogP contribution in [0.5, 0.6) is 11.5 Å². The number of hydrogen-bond acceptors (Lipinski definition) is 3. The third-order valence-corrected chi connectivity index (χ3v) is 11.7. The highest BCUT2D eigenvalue weighted by atomic mass is 16.5. The van der Waals surface area contributed by atoms with Crippen molar-refractivity contribution in [2.45, 2.75) is 53.4 Å². The number of nitrogens with zero attached hydrogens (tertiary/aromatic N) is 5. The maximum Gasteiger partial charge on any atom is 0.139 e. The van der Waals surface area contributed by atoms with Crippen LogP contribution in [-0.2, 0) is 25.7 Å². The molecule has 10 aromatic rings. The van der Waals surface area contributed by atoms with Gasteiger partial charge in [-0.1, -0.05) is 119 Å². The Bertz CT molecular complexity index is 3090. The topological polar surface area (TPSA) is 49.8 Å². The summed E-state index contributed by atoms with van der Waals surface area (Å²) in [6.07, 6.45) is 5.55. The quantitative estimate of drug-likeness (QED) is 0.140. The summed E-state index contributed by atoms with van der Waals surface area (Å²) in [6.45, 7) is 8.86. The number of aromatic nitrogens is 5. The Morgan fingerprint density at radius 2 is 1.17 bits per heavy atom. The van der Waals surface area contributed by atoms with Gasteiger partial charge < -0.3 is 9.30 Å². The van der Waals surface area contributed by atoms with Gasteiger partial charge in [0, 0.05) is 51.5 Å². The zero-order valence-corrected chi connectivity index (χ0v) is 33.4. The van der Waals surface area contributed by atoms with Crippen molar-refractivity contribution >= 4 is 43.6 Å². The number of aryl methyl sites for hydroxylation is 3.